The van der Waals surface area contributed by atoms with Gasteiger partial charge in [-0.1, -0.05) is 6.92 Å². The summed E-state index contributed by atoms with van der Waals surface area (Å²) in [5, 5.41) is 2.32. The fourth-order valence-electron chi connectivity index (χ4n) is 1.95. The van der Waals surface area contributed by atoms with Gasteiger partial charge in [-0.15, -0.1) is 0 Å². The van der Waals surface area contributed by atoms with Gasteiger partial charge in [0.1, 0.15) is 11.9 Å². The van der Waals surface area contributed by atoms with E-state index in [-0.39, 0.29) is 18.4 Å². The number of nitrogens with two attached hydrogens (primary N) is 1. The van der Waals surface area contributed by atoms with E-state index < -0.39 is 6.04 Å². The number of piperazine rings is 1. The van der Waals surface area contributed by atoms with Crippen molar-refractivity contribution >= 4 is 39.2 Å². The fourth-order valence-corrected chi connectivity index (χ4v) is 2.55. The summed E-state index contributed by atoms with van der Waals surface area (Å²) < 4.78 is 0.670. The molecule has 1 unspecified atom stereocenters. The number of aromatic nitrogens is 1. The van der Waals surface area contributed by atoms with Gasteiger partial charge in [0, 0.05) is 0 Å². The van der Waals surface area contributed by atoms with Gasteiger partial charge in [-0.25, -0.2) is 4.98 Å². The van der Waals surface area contributed by atoms with Gasteiger partial charge in [-0.3, -0.25) is 14.9 Å². The molecule has 6 nitrogen and oxygen atoms in total. The van der Waals surface area contributed by atoms with E-state index in [2.05, 4.69) is 26.2 Å². The van der Waals surface area contributed by atoms with Crippen molar-refractivity contribution in [2.24, 2.45) is 0 Å². The van der Waals surface area contributed by atoms with E-state index in [4.69, 9.17) is 5.73 Å². The Kier molecular flexibility index (Phi) is 3.51. The van der Waals surface area contributed by atoms with Gasteiger partial charge >= 0.3 is 0 Å². The van der Waals surface area contributed by atoms with Crippen LogP contribution in [-0.4, -0.2) is 29.4 Å². The van der Waals surface area contributed by atoms with Crippen LogP contribution in [0.15, 0.2) is 16.7 Å². The number of rotatable bonds is 2. The number of carbonyl (C=O) groups is 2. The Bertz CT molecular complexity index is 506. The summed E-state index contributed by atoms with van der Waals surface area (Å²) in [4.78, 5) is 29.1. The standard InChI is InChI=1S/C11H13BrN4O2/c1-2-8-11(18)15-9(17)5-16(8)10-7(12)3-6(13)4-14-10/h3-4,8H,2,5,13H2,1H3,(H,15,17,18). The van der Waals surface area contributed by atoms with E-state index in [1.54, 1.807) is 11.0 Å². The number of amides is 2. The molecule has 0 saturated carbocycles. The summed E-state index contributed by atoms with van der Waals surface area (Å²) >= 11 is 3.35. The van der Waals surface area contributed by atoms with Gasteiger partial charge in [0.25, 0.3) is 0 Å². The maximum atomic E-state index is 11.8. The predicted octanol–water partition coefficient (Wildman–Crippen LogP) is 0.668. The zero-order valence-electron chi connectivity index (χ0n) is 9.81. The predicted molar refractivity (Wildman–Crippen MR) is 70.9 cm³/mol. The summed E-state index contributed by atoms with van der Waals surface area (Å²) in [6, 6.07) is 1.31. The lowest BCUT2D eigenvalue weighted by Gasteiger charge is -2.34. The van der Waals surface area contributed by atoms with Crippen molar-refractivity contribution in [2.45, 2.75) is 19.4 Å². The Morgan fingerprint density at radius 2 is 2.33 bits per heavy atom. The number of halogens is 1. The molecule has 1 fully saturated rings. The molecule has 1 aliphatic rings. The highest BCUT2D eigenvalue weighted by atomic mass is 79.9. The number of nitrogens with zero attached hydrogens (tertiary/aromatic N) is 2. The molecular weight excluding hydrogens is 300 g/mol. The Balaban J connectivity index is 2.39. The van der Waals surface area contributed by atoms with Crippen LogP contribution in [0.3, 0.4) is 0 Å². The normalized spacial score (nSPS) is 19.9. The molecule has 18 heavy (non-hydrogen) atoms. The first-order chi connectivity index (χ1) is 8.52. The first-order valence-corrected chi connectivity index (χ1v) is 6.33. The first-order valence-electron chi connectivity index (χ1n) is 5.54. The van der Waals surface area contributed by atoms with Gasteiger partial charge in [0.15, 0.2) is 0 Å². The molecule has 0 bridgehead atoms. The maximum absolute atomic E-state index is 11.8. The molecule has 0 spiro atoms. The lowest BCUT2D eigenvalue weighted by molar-refractivity contribution is -0.132. The number of nitrogens with one attached hydrogen (secondary N) is 1. The topological polar surface area (TPSA) is 88.3 Å². The Morgan fingerprint density at radius 1 is 1.61 bits per heavy atom. The minimum atomic E-state index is -0.393. The third kappa shape index (κ3) is 2.31. The second kappa shape index (κ2) is 4.93. The van der Waals surface area contributed by atoms with Crippen molar-refractivity contribution in [3.8, 4) is 0 Å². The molecule has 0 aliphatic carbocycles. The molecule has 2 heterocycles. The molecule has 0 radical (unpaired) electrons. The van der Waals surface area contributed by atoms with E-state index in [0.29, 0.717) is 22.4 Å². The SMILES string of the molecule is CCC1C(=O)NC(=O)CN1c1ncc(N)cc1Br. The maximum Gasteiger partial charge on any atom is 0.249 e. The largest absolute Gasteiger partial charge is 0.397 e. The van der Waals surface area contributed by atoms with Crippen LogP contribution in [0.5, 0.6) is 0 Å². The van der Waals surface area contributed by atoms with Gasteiger partial charge < -0.3 is 10.6 Å². The van der Waals surface area contributed by atoms with Gasteiger partial charge in [-0.05, 0) is 28.4 Å². The quantitative estimate of drug-likeness (QED) is 0.784. The van der Waals surface area contributed by atoms with Crippen LogP contribution in [0, 0.1) is 0 Å². The van der Waals surface area contributed by atoms with E-state index >= 15 is 0 Å². The number of anilines is 2. The first kappa shape index (κ1) is 12.8. The van der Waals surface area contributed by atoms with Crippen LogP contribution < -0.4 is 16.0 Å². The number of hydrogen-bond donors (Lipinski definition) is 2. The molecule has 2 amide bonds. The third-order valence-electron chi connectivity index (χ3n) is 2.76. The number of carbonyl (C=O) groups excluding carboxylic acids is 2. The second-order valence-electron chi connectivity index (χ2n) is 4.04. The highest BCUT2D eigenvalue weighted by molar-refractivity contribution is 9.10. The zero-order chi connectivity index (χ0) is 13.3. The van der Waals surface area contributed by atoms with Gasteiger partial charge in [-0.2, -0.15) is 0 Å². The van der Waals surface area contributed by atoms with E-state index in [1.165, 1.54) is 6.20 Å². The van der Waals surface area contributed by atoms with Crippen molar-refractivity contribution in [1.82, 2.24) is 10.3 Å². The number of pyridine rings is 1. The van der Waals surface area contributed by atoms with Crippen LogP contribution in [-0.2, 0) is 9.59 Å². The highest BCUT2D eigenvalue weighted by Gasteiger charge is 2.34. The molecule has 1 aromatic heterocycles. The summed E-state index contributed by atoms with van der Waals surface area (Å²) in [7, 11) is 0. The van der Waals surface area contributed by atoms with Crippen molar-refractivity contribution in [2.75, 3.05) is 17.2 Å². The molecular formula is C11H13BrN4O2. The van der Waals surface area contributed by atoms with Crippen molar-refractivity contribution in [3.63, 3.8) is 0 Å². The summed E-state index contributed by atoms with van der Waals surface area (Å²) in [6.07, 6.45) is 2.10. The van der Waals surface area contributed by atoms with Gasteiger partial charge in [0.2, 0.25) is 11.8 Å². The monoisotopic (exact) mass is 312 g/mol. The number of hydrogen-bond acceptors (Lipinski definition) is 5. The van der Waals surface area contributed by atoms with E-state index in [1.807, 2.05) is 6.92 Å². The Labute approximate surface area is 113 Å². The van der Waals surface area contributed by atoms with Crippen LogP contribution >= 0.6 is 15.9 Å². The minimum Gasteiger partial charge on any atom is -0.397 e. The zero-order valence-corrected chi connectivity index (χ0v) is 11.4. The number of imide groups is 1. The van der Waals surface area contributed by atoms with Gasteiger partial charge in [0.05, 0.1) is 22.9 Å². The number of nitrogen functional groups attached to an aromatic ring is 1. The molecule has 1 aromatic rings. The van der Waals surface area contributed by atoms with E-state index in [9.17, 15) is 9.59 Å². The second-order valence-corrected chi connectivity index (χ2v) is 4.89. The lowest BCUT2D eigenvalue weighted by atomic mass is 10.1. The fraction of sp³-hybridized carbons (Fsp3) is 0.364. The Hall–Kier alpha value is -1.63. The molecule has 7 heteroatoms. The molecule has 1 aliphatic heterocycles. The van der Waals surface area contributed by atoms with Crippen LogP contribution in [0.1, 0.15) is 13.3 Å². The van der Waals surface area contributed by atoms with E-state index in [0.717, 1.165) is 0 Å². The van der Waals surface area contributed by atoms with Crippen LogP contribution in [0.2, 0.25) is 0 Å². The van der Waals surface area contributed by atoms with Crippen molar-refractivity contribution in [3.05, 3.63) is 16.7 Å². The average molecular weight is 313 g/mol. The summed E-state index contributed by atoms with van der Waals surface area (Å²) in [5.41, 5.74) is 6.14. The molecule has 0 aromatic carbocycles. The molecule has 3 N–H and O–H groups in total. The smallest absolute Gasteiger partial charge is 0.249 e. The van der Waals surface area contributed by atoms with Crippen molar-refractivity contribution in [1.29, 1.82) is 0 Å². The molecule has 2 rings (SSSR count). The molecule has 1 saturated heterocycles. The average Bonchev–Trinajstić information content (AvgIpc) is 2.28. The molecule has 1 atom stereocenters. The van der Waals surface area contributed by atoms with Crippen LogP contribution in [0.25, 0.3) is 0 Å². The summed E-state index contributed by atoms with van der Waals surface area (Å²) in [5.74, 6) is -0.0613. The van der Waals surface area contributed by atoms with Crippen LogP contribution in [0.4, 0.5) is 11.5 Å². The lowest BCUT2D eigenvalue weighted by Crippen LogP contribution is -2.58. The Morgan fingerprint density at radius 3 is 2.94 bits per heavy atom. The summed E-state index contributed by atoms with van der Waals surface area (Å²) in [6.45, 7) is 2.00. The highest BCUT2D eigenvalue weighted by Crippen LogP contribution is 2.28. The molecule has 96 valence electrons. The van der Waals surface area contributed by atoms with Crippen molar-refractivity contribution < 1.29 is 9.59 Å². The third-order valence-corrected chi connectivity index (χ3v) is 3.34. The minimum absolute atomic E-state index is 0.111.